The Morgan fingerprint density at radius 2 is 2.33 bits per heavy atom. The second-order valence-electron chi connectivity index (χ2n) is 2.56. The normalized spacial score (nSPS) is 13.1. The topological polar surface area (TPSA) is 29.4 Å². The number of hydrogen-bond acceptors (Lipinski definition) is 2. The first-order chi connectivity index (χ1) is 5.83. The van der Waals surface area contributed by atoms with Crippen molar-refractivity contribution >= 4 is 12.4 Å². The number of benzene rings is 1. The molecule has 12 heavy (non-hydrogen) atoms. The highest BCUT2D eigenvalue weighted by atomic mass is 19.1. The van der Waals surface area contributed by atoms with E-state index in [2.05, 4.69) is 4.99 Å². The van der Waals surface area contributed by atoms with E-state index in [9.17, 15) is 9.18 Å². The van der Waals surface area contributed by atoms with Crippen LogP contribution in [0.15, 0.2) is 17.1 Å². The SMILES string of the molecule is O=Cc1c(F)ccc2c1=NCC=2. The quantitative estimate of drug-likeness (QED) is 0.538. The summed E-state index contributed by atoms with van der Waals surface area (Å²) in [6.45, 7) is 0.541. The highest BCUT2D eigenvalue weighted by Crippen LogP contribution is 1.96. The molecule has 60 valence electrons. The van der Waals surface area contributed by atoms with Gasteiger partial charge < -0.3 is 0 Å². The molecule has 1 aromatic rings. The van der Waals surface area contributed by atoms with Crippen LogP contribution in [0.25, 0.3) is 6.08 Å². The minimum atomic E-state index is -0.497. The zero-order valence-corrected chi connectivity index (χ0v) is 6.25. The average molecular weight is 163 g/mol. The van der Waals surface area contributed by atoms with Crippen molar-refractivity contribution in [3.05, 3.63) is 34.1 Å². The van der Waals surface area contributed by atoms with Crippen molar-refractivity contribution in [2.45, 2.75) is 0 Å². The number of carbonyl (C=O) groups is 1. The molecular weight excluding hydrogens is 157 g/mol. The molecule has 3 heteroatoms. The van der Waals surface area contributed by atoms with E-state index in [1.807, 2.05) is 6.08 Å². The van der Waals surface area contributed by atoms with Crippen LogP contribution in [0.2, 0.25) is 0 Å². The fourth-order valence-corrected chi connectivity index (χ4v) is 1.29. The van der Waals surface area contributed by atoms with Gasteiger partial charge in [-0.2, -0.15) is 0 Å². The van der Waals surface area contributed by atoms with E-state index >= 15 is 0 Å². The molecule has 0 saturated heterocycles. The average Bonchev–Trinajstić information content (AvgIpc) is 2.52. The van der Waals surface area contributed by atoms with Crippen molar-refractivity contribution in [2.24, 2.45) is 4.99 Å². The third kappa shape index (κ3) is 0.863. The zero-order chi connectivity index (χ0) is 8.55. The number of fused-ring (bicyclic) bond motifs is 1. The van der Waals surface area contributed by atoms with E-state index in [1.165, 1.54) is 6.07 Å². The second-order valence-corrected chi connectivity index (χ2v) is 2.56. The summed E-state index contributed by atoms with van der Waals surface area (Å²) in [5.41, 5.74) is 0.0706. The van der Waals surface area contributed by atoms with Crippen LogP contribution in [-0.4, -0.2) is 12.8 Å². The van der Waals surface area contributed by atoms with Gasteiger partial charge in [0.2, 0.25) is 0 Å². The fourth-order valence-electron chi connectivity index (χ4n) is 1.29. The molecular formula is C9H6FNO. The van der Waals surface area contributed by atoms with Gasteiger partial charge in [0.1, 0.15) is 5.82 Å². The number of nitrogens with zero attached hydrogens (tertiary/aromatic N) is 1. The fraction of sp³-hybridized carbons (Fsp3) is 0.111. The highest BCUT2D eigenvalue weighted by Gasteiger charge is 2.06. The number of carbonyl (C=O) groups excluding carboxylic acids is 1. The first-order valence-electron chi connectivity index (χ1n) is 3.61. The van der Waals surface area contributed by atoms with E-state index in [-0.39, 0.29) is 5.56 Å². The van der Waals surface area contributed by atoms with Gasteiger partial charge in [0.05, 0.1) is 17.5 Å². The number of halogens is 1. The number of hydrogen-bond donors (Lipinski definition) is 0. The summed E-state index contributed by atoms with van der Waals surface area (Å²) in [6, 6.07) is 2.92. The Labute approximate surface area is 68.1 Å². The summed E-state index contributed by atoms with van der Waals surface area (Å²) in [5.74, 6) is -0.497. The first-order valence-corrected chi connectivity index (χ1v) is 3.61. The van der Waals surface area contributed by atoms with Crippen molar-refractivity contribution < 1.29 is 9.18 Å². The summed E-state index contributed by atoms with van der Waals surface area (Å²) in [5, 5.41) is 1.34. The third-order valence-corrected chi connectivity index (χ3v) is 1.87. The van der Waals surface area contributed by atoms with Gasteiger partial charge in [-0.25, -0.2) is 4.39 Å². The van der Waals surface area contributed by atoms with Crippen molar-refractivity contribution in [1.29, 1.82) is 0 Å². The number of rotatable bonds is 1. The van der Waals surface area contributed by atoms with Gasteiger partial charge >= 0.3 is 0 Å². The number of aldehydes is 1. The maximum absolute atomic E-state index is 12.9. The van der Waals surface area contributed by atoms with Gasteiger partial charge in [0, 0.05) is 0 Å². The molecule has 0 unspecified atom stereocenters. The Morgan fingerprint density at radius 3 is 3.08 bits per heavy atom. The molecule has 1 aromatic carbocycles. The van der Waals surface area contributed by atoms with Gasteiger partial charge in [-0.05, 0) is 11.3 Å². The predicted molar refractivity (Wildman–Crippen MR) is 41.9 cm³/mol. The molecule has 0 spiro atoms. The first kappa shape index (κ1) is 7.16. The summed E-state index contributed by atoms with van der Waals surface area (Å²) < 4.78 is 12.9. The lowest BCUT2D eigenvalue weighted by Gasteiger charge is -1.92. The zero-order valence-electron chi connectivity index (χ0n) is 6.25. The van der Waals surface area contributed by atoms with Crippen LogP contribution in [0.3, 0.4) is 0 Å². The Morgan fingerprint density at radius 1 is 1.50 bits per heavy atom. The lowest BCUT2D eigenvalue weighted by atomic mass is 10.2. The molecule has 0 aliphatic carbocycles. The van der Waals surface area contributed by atoms with E-state index in [0.717, 1.165) is 5.22 Å². The van der Waals surface area contributed by atoms with Crippen LogP contribution >= 0.6 is 0 Å². The Balaban J connectivity index is 2.93. The van der Waals surface area contributed by atoms with Crippen LogP contribution in [0.1, 0.15) is 10.4 Å². The highest BCUT2D eigenvalue weighted by molar-refractivity contribution is 5.75. The van der Waals surface area contributed by atoms with Gasteiger partial charge in [0.15, 0.2) is 6.29 Å². The monoisotopic (exact) mass is 163 g/mol. The van der Waals surface area contributed by atoms with E-state index in [1.54, 1.807) is 6.07 Å². The summed E-state index contributed by atoms with van der Waals surface area (Å²) in [4.78, 5) is 14.5. The van der Waals surface area contributed by atoms with Gasteiger partial charge in [0.25, 0.3) is 0 Å². The molecule has 0 fully saturated rings. The van der Waals surface area contributed by atoms with Crippen molar-refractivity contribution in [2.75, 3.05) is 6.54 Å². The molecule has 0 saturated carbocycles. The molecule has 1 heterocycles. The largest absolute Gasteiger partial charge is 0.298 e. The molecule has 2 rings (SSSR count). The molecule has 0 aromatic heterocycles. The van der Waals surface area contributed by atoms with Crippen LogP contribution in [0, 0.1) is 5.82 Å². The maximum Gasteiger partial charge on any atom is 0.155 e. The molecule has 0 bridgehead atoms. The van der Waals surface area contributed by atoms with Crippen LogP contribution in [0.4, 0.5) is 4.39 Å². The van der Waals surface area contributed by atoms with Crippen molar-refractivity contribution in [3.63, 3.8) is 0 Å². The van der Waals surface area contributed by atoms with E-state index < -0.39 is 5.82 Å². The predicted octanol–water partition coefficient (Wildman–Crippen LogP) is 0.0519. The van der Waals surface area contributed by atoms with E-state index in [0.29, 0.717) is 18.2 Å². The smallest absolute Gasteiger partial charge is 0.155 e. The lowest BCUT2D eigenvalue weighted by molar-refractivity contribution is 0.111. The van der Waals surface area contributed by atoms with Crippen LogP contribution < -0.4 is 10.6 Å². The Bertz CT molecular complexity index is 450. The van der Waals surface area contributed by atoms with Crippen molar-refractivity contribution in [3.8, 4) is 0 Å². The lowest BCUT2D eigenvalue weighted by Crippen LogP contribution is -2.26. The van der Waals surface area contributed by atoms with Crippen molar-refractivity contribution in [1.82, 2.24) is 0 Å². The molecule has 1 aliphatic rings. The summed E-state index contributed by atoms with van der Waals surface area (Å²) >= 11 is 0. The van der Waals surface area contributed by atoms with Crippen LogP contribution in [0.5, 0.6) is 0 Å². The Kier molecular flexibility index (Phi) is 1.50. The summed E-state index contributed by atoms with van der Waals surface area (Å²) in [7, 11) is 0. The molecule has 2 nitrogen and oxygen atoms in total. The standard InChI is InChI=1S/C9H6FNO/c10-8-2-1-6-3-4-11-9(6)7(8)5-12/h1-3,5H,4H2. The maximum atomic E-state index is 12.9. The molecule has 0 atom stereocenters. The molecule has 1 aliphatic heterocycles. The van der Waals surface area contributed by atoms with Gasteiger partial charge in [-0.15, -0.1) is 0 Å². The van der Waals surface area contributed by atoms with Gasteiger partial charge in [-0.3, -0.25) is 9.79 Å². The minimum absolute atomic E-state index is 0.0706. The Hall–Kier alpha value is -1.51. The minimum Gasteiger partial charge on any atom is -0.298 e. The van der Waals surface area contributed by atoms with Gasteiger partial charge in [-0.1, -0.05) is 12.1 Å². The summed E-state index contributed by atoms with van der Waals surface area (Å²) in [6.07, 6.45) is 2.37. The molecule has 0 radical (unpaired) electrons. The molecule has 0 amide bonds. The second kappa shape index (κ2) is 2.52. The third-order valence-electron chi connectivity index (χ3n) is 1.87. The van der Waals surface area contributed by atoms with E-state index in [4.69, 9.17) is 0 Å². The van der Waals surface area contributed by atoms with Crippen LogP contribution in [-0.2, 0) is 0 Å². The molecule has 0 N–H and O–H groups in total.